The van der Waals surface area contributed by atoms with Crippen LogP contribution in [0, 0.1) is 11.3 Å². The molecule has 1 unspecified atom stereocenters. The molecule has 0 aliphatic rings. The van der Waals surface area contributed by atoms with E-state index in [2.05, 4.69) is 0 Å². The molecule has 49 heavy (non-hydrogen) atoms. The predicted molar refractivity (Wildman–Crippen MR) is 190 cm³/mol. The first kappa shape index (κ1) is 44.5. The zero-order chi connectivity index (χ0) is 37.6. The number of hydrogen-bond acceptors (Lipinski definition) is 13. The first-order valence-corrected chi connectivity index (χ1v) is 19.2. The van der Waals surface area contributed by atoms with E-state index in [0.29, 0.717) is 71.0 Å². The van der Waals surface area contributed by atoms with Crippen molar-refractivity contribution < 1.29 is 50.1 Å². The number of hydrogen-bond donors (Lipinski definition) is 1. The summed E-state index contributed by atoms with van der Waals surface area (Å²) in [5.74, 6) is 3.60. The molecular formula is C34H48N2O11S2. The van der Waals surface area contributed by atoms with E-state index in [4.69, 9.17) is 39.4 Å². The van der Waals surface area contributed by atoms with Crippen molar-refractivity contribution in [1.82, 2.24) is 0 Å². The van der Waals surface area contributed by atoms with Gasteiger partial charge < -0.3 is 34.2 Å². The minimum atomic E-state index is -3.11. The van der Waals surface area contributed by atoms with E-state index in [1.807, 2.05) is 26.8 Å². The van der Waals surface area contributed by atoms with Crippen LogP contribution in [-0.2, 0) is 19.7 Å². The smallest absolute Gasteiger partial charge is 0.162 e. The number of nitriles is 1. The van der Waals surface area contributed by atoms with Crippen LogP contribution >= 0.6 is 0 Å². The highest BCUT2D eigenvalue weighted by Crippen LogP contribution is 2.30. The molecule has 0 fully saturated rings. The minimum Gasteiger partial charge on any atom is -0.493 e. The summed E-state index contributed by atoms with van der Waals surface area (Å²) in [5, 5.41) is 8.65. The molecule has 3 aromatic carbocycles. The standard InChI is InChI=1S/C12H19NO4S.C10H11NO2.C10H12O3.C2H6O2S/c1-4-17-12-7-9(5-6-11(12)16-2)10(13)8-18(3,14)15;2*1-3-13-10-6-8(7-11)4-5-9(10)12-2;1-5(2,3)4/h5-7,10H,4,8,13H2,1-3H3;4-6H,3H2,1-2H3;4-7H,3H2,1-2H3;1-2H3/i13+1;11+1;;. The second-order valence-corrected chi connectivity index (χ2v) is 14.5. The van der Waals surface area contributed by atoms with Gasteiger partial charge in [0, 0.05) is 36.4 Å². The van der Waals surface area contributed by atoms with Crippen LogP contribution < -0.4 is 34.2 Å². The number of ether oxygens (including phenoxy) is 6. The number of carbonyl (C=O) groups excluding carboxylic acids is 1. The van der Waals surface area contributed by atoms with E-state index in [1.54, 1.807) is 75.9 Å². The largest absolute Gasteiger partial charge is 0.493 e. The number of rotatable bonds is 13. The molecule has 0 bridgehead atoms. The SMILES string of the molecule is CCOc1cc(C#[15N])ccc1OC.CCOc1cc(C([15NH2])CS(C)(=O)=O)ccc1OC.CCOc1cc(C=O)ccc1OC.CS(C)(=O)=O. The number of nitrogens with zero attached hydrogens (tertiary/aromatic N) is 1. The molecule has 0 heterocycles. The van der Waals surface area contributed by atoms with Crippen LogP contribution in [0.3, 0.4) is 0 Å². The Morgan fingerprint density at radius 3 is 1.49 bits per heavy atom. The average molecular weight is 727 g/mol. The van der Waals surface area contributed by atoms with Crippen LogP contribution in [-0.4, -0.2) is 88.8 Å². The summed E-state index contributed by atoms with van der Waals surface area (Å²) in [6, 6.07) is 16.8. The molecule has 272 valence electrons. The maximum absolute atomic E-state index is 11.2. The average Bonchev–Trinajstić information content (AvgIpc) is 3.04. The lowest BCUT2D eigenvalue weighted by atomic mass is 10.1. The molecule has 2 N–H and O–H groups in total. The van der Waals surface area contributed by atoms with Crippen molar-refractivity contribution in [1.29, 1.82) is 5.26 Å². The normalized spacial score (nSPS) is 10.9. The Morgan fingerprint density at radius 2 is 1.10 bits per heavy atom. The first-order valence-electron chi connectivity index (χ1n) is 14.9. The minimum absolute atomic E-state index is 0.0924. The molecule has 15 heteroatoms. The van der Waals surface area contributed by atoms with Gasteiger partial charge in [0.2, 0.25) is 0 Å². The van der Waals surface area contributed by atoms with Gasteiger partial charge >= 0.3 is 0 Å². The van der Waals surface area contributed by atoms with E-state index >= 15 is 0 Å². The summed E-state index contributed by atoms with van der Waals surface area (Å²) in [5.41, 5.74) is 7.74. The van der Waals surface area contributed by atoms with Gasteiger partial charge in [0.05, 0.1) is 58.5 Å². The second kappa shape index (κ2) is 22.9. The highest BCUT2D eigenvalue weighted by Gasteiger charge is 2.15. The van der Waals surface area contributed by atoms with E-state index in [1.165, 1.54) is 6.26 Å². The molecule has 0 amide bonds. The fraction of sp³-hybridized carbons (Fsp3) is 0.412. The molecule has 0 saturated heterocycles. The van der Waals surface area contributed by atoms with Crippen molar-refractivity contribution in [2.75, 3.05) is 65.7 Å². The van der Waals surface area contributed by atoms with Gasteiger partial charge in [-0.2, -0.15) is 5.26 Å². The zero-order valence-electron chi connectivity index (χ0n) is 29.5. The Morgan fingerprint density at radius 1 is 0.694 bits per heavy atom. The molecule has 0 aliphatic carbocycles. The van der Waals surface area contributed by atoms with Crippen molar-refractivity contribution >= 4 is 26.0 Å². The molecule has 13 nitrogen and oxygen atoms in total. The van der Waals surface area contributed by atoms with Gasteiger partial charge in [-0.1, -0.05) is 6.07 Å². The van der Waals surface area contributed by atoms with E-state index < -0.39 is 25.7 Å². The summed E-state index contributed by atoms with van der Waals surface area (Å²) < 4.78 is 73.0. The van der Waals surface area contributed by atoms with E-state index in [-0.39, 0.29) is 5.75 Å². The molecule has 3 aromatic rings. The van der Waals surface area contributed by atoms with Gasteiger partial charge in [0.15, 0.2) is 34.5 Å². The van der Waals surface area contributed by atoms with Gasteiger partial charge in [0.1, 0.15) is 26.0 Å². The van der Waals surface area contributed by atoms with Crippen LogP contribution in [0.2, 0.25) is 0 Å². The van der Waals surface area contributed by atoms with Crippen LogP contribution in [0.25, 0.3) is 0 Å². The Balaban J connectivity index is 0.000000669. The number of nitrogens with two attached hydrogens (primary N) is 1. The van der Waals surface area contributed by atoms with E-state index in [9.17, 15) is 21.6 Å². The van der Waals surface area contributed by atoms with Crippen molar-refractivity contribution in [3.05, 3.63) is 71.3 Å². The summed E-state index contributed by atoms with van der Waals surface area (Å²) in [4.78, 5) is 10.5. The third-order valence-electron chi connectivity index (χ3n) is 5.61. The lowest BCUT2D eigenvalue weighted by Crippen LogP contribution is -2.20. The van der Waals surface area contributed by atoms with Gasteiger partial charge in [-0.25, -0.2) is 16.8 Å². The predicted octanol–water partition coefficient (Wildman–Crippen LogP) is 4.67. The van der Waals surface area contributed by atoms with Crippen molar-refractivity contribution in [2.24, 2.45) is 5.73 Å². The lowest BCUT2D eigenvalue weighted by Gasteiger charge is -2.15. The summed E-state index contributed by atoms with van der Waals surface area (Å²) >= 11 is 0. The molecule has 0 aliphatic heterocycles. The Hall–Kier alpha value is -4.52. The van der Waals surface area contributed by atoms with Crippen LogP contribution in [0.1, 0.15) is 48.3 Å². The Kier molecular flexibility index (Phi) is 20.8. The van der Waals surface area contributed by atoms with Gasteiger partial charge in [0.25, 0.3) is 0 Å². The zero-order valence-corrected chi connectivity index (χ0v) is 31.1. The topological polar surface area (TPSA) is 191 Å². The molecule has 0 radical (unpaired) electrons. The van der Waals surface area contributed by atoms with Gasteiger partial charge in [-0.05, 0) is 68.8 Å². The highest BCUT2D eigenvalue weighted by atomic mass is 32.2. The maximum atomic E-state index is 11.2. The van der Waals surface area contributed by atoms with Crippen LogP contribution in [0.5, 0.6) is 34.5 Å². The fourth-order valence-corrected chi connectivity index (χ4v) is 4.51. The Labute approximate surface area is 290 Å². The summed E-state index contributed by atoms with van der Waals surface area (Å²) in [6.07, 6.45) is 4.27. The molecular weight excluding hydrogens is 678 g/mol. The third kappa shape index (κ3) is 19.2. The number of aldehydes is 1. The molecule has 3 rings (SSSR count). The second-order valence-electron chi connectivity index (χ2n) is 10.1. The third-order valence-corrected chi connectivity index (χ3v) is 6.58. The number of carbonyl (C=O) groups is 1. The summed E-state index contributed by atoms with van der Waals surface area (Å²) in [7, 11) is -1.09. The molecule has 0 saturated carbocycles. The van der Waals surface area contributed by atoms with Crippen molar-refractivity contribution in [2.45, 2.75) is 26.8 Å². The molecule has 0 aromatic heterocycles. The highest BCUT2D eigenvalue weighted by molar-refractivity contribution is 7.90. The van der Waals surface area contributed by atoms with Crippen LogP contribution in [0.4, 0.5) is 0 Å². The van der Waals surface area contributed by atoms with Crippen LogP contribution in [0.15, 0.2) is 54.6 Å². The molecule has 1 atom stereocenters. The van der Waals surface area contributed by atoms with E-state index in [0.717, 1.165) is 18.8 Å². The number of methoxy groups -OCH3 is 3. The van der Waals surface area contributed by atoms with Crippen molar-refractivity contribution in [3.8, 4) is 40.6 Å². The van der Waals surface area contributed by atoms with Gasteiger partial charge in [-0.15, -0.1) is 0 Å². The molecule has 0 spiro atoms. The number of sulfone groups is 2. The van der Waals surface area contributed by atoms with Gasteiger partial charge in [-0.3, -0.25) is 4.79 Å². The number of benzene rings is 3. The van der Waals surface area contributed by atoms with Crippen molar-refractivity contribution in [3.63, 3.8) is 0 Å². The monoisotopic (exact) mass is 726 g/mol. The lowest BCUT2D eigenvalue weighted by molar-refractivity contribution is 0.112. The Bertz CT molecular complexity index is 1700. The quantitative estimate of drug-likeness (QED) is 0.189. The summed E-state index contributed by atoms with van der Waals surface area (Å²) in [6.45, 7) is 7.25. The maximum Gasteiger partial charge on any atom is 0.162 e. The fourth-order valence-electron chi connectivity index (χ4n) is 3.66. The first-order chi connectivity index (χ1) is 23.0.